The largest absolute Gasteiger partial charge is 0.380 e. The van der Waals surface area contributed by atoms with Crippen molar-refractivity contribution in [2.24, 2.45) is 0 Å². The van der Waals surface area contributed by atoms with Gasteiger partial charge in [0.2, 0.25) is 0 Å². The molecule has 1 atom stereocenters. The van der Waals surface area contributed by atoms with Gasteiger partial charge in [-0.3, -0.25) is 29.7 Å². The molecule has 2 saturated heterocycles. The second-order valence-corrected chi connectivity index (χ2v) is 19.1. The van der Waals surface area contributed by atoms with Crippen LogP contribution in [-0.4, -0.2) is 111 Å². The molecule has 3 aliphatic rings. The molecular formula is C46H55ClN8O4S2. The number of likely N-dealkylation sites (tertiary alicyclic amines) is 1. The fraction of sp³-hybridized carbons (Fsp3) is 0.391. The fourth-order valence-electron chi connectivity index (χ4n) is 8.52. The Morgan fingerprint density at radius 1 is 0.885 bits per heavy atom. The summed E-state index contributed by atoms with van der Waals surface area (Å²) in [7, 11) is -2.48. The van der Waals surface area contributed by atoms with E-state index in [-0.39, 0.29) is 10.9 Å². The van der Waals surface area contributed by atoms with Crippen molar-refractivity contribution in [1.29, 1.82) is 0 Å². The summed E-state index contributed by atoms with van der Waals surface area (Å²) in [6.45, 7) is 8.67. The van der Waals surface area contributed by atoms with Gasteiger partial charge in [-0.15, -0.1) is 11.8 Å². The van der Waals surface area contributed by atoms with Crippen molar-refractivity contribution in [3.8, 4) is 11.1 Å². The molecule has 61 heavy (non-hydrogen) atoms. The number of piperidine rings is 1. The molecule has 322 valence electrons. The minimum atomic E-state index is -4.00. The number of halogens is 1. The van der Waals surface area contributed by atoms with Gasteiger partial charge in [0.15, 0.2) is 0 Å². The van der Waals surface area contributed by atoms with Gasteiger partial charge in [-0.05, 0) is 97.9 Å². The molecule has 3 N–H and O–H groups in total. The van der Waals surface area contributed by atoms with Crippen molar-refractivity contribution in [3.63, 3.8) is 0 Å². The zero-order valence-electron chi connectivity index (χ0n) is 34.6. The van der Waals surface area contributed by atoms with Gasteiger partial charge in [0.05, 0.1) is 42.3 Å². The molecule has 8 rings (SSSR count). The van der Waals surface area contributed by atoms with Crippen molar-refractivity contribution in [1.82, 2.24) is 24.7 Å². The standard InChI is InChI=1S/C46H55ClN8O4S2/c1-58-51-44-29-40(15-16-43(44)50-37(17-21-53-25-27-59-28-26-53)32-60-39-8-3-2-4-9-39)61(56,57)52-46-42-20-24-55(31-45(42)48-33-49-46)38-18-22-54(23-19-38)30-35-7-5-6-10-41(35)34-11-13-36(47)14-12-34/h2-16,29,33,37-38,50-51H,17-28,30-32H2,1H3,(H,48,49,52). The predicted octanol–water partition coefficient (Wildman–Crippen LogP) is 7.89. The number of nitrogens with one attached hydrogen (secondary N) is 3. The van der Waals surface area contributed by atoms with E-state index in [1.165, 1.54) is 35.0 Å². The van der Waals surface area contributed by atoms with E-state index < -0.39 is 10.0 Å². The summed E-state index contributed by atoms with van der Waals surface area (Å²) in [6, 6.07) is 32.6. The molecule has 0 spiro atoms. The summed E-state index contributed by atoms with van der Waals surface area (Å²) in [5.41, 5.74) is 9.68. The number of benzene rings is 4. The topological polar surface area (TPSA) is 124 Å². The number of hydrogen-bond acceptors (Lipinski definition) is 12. The van der Waals surface area contributed by atoms with Crippen LogP contribution in [0.3, 0.4) is 0 Å². The van der Waals surface area contributed by atoms with Gasteiger partial charge in [-0.2, -0.15) is 0 Å². The van der Waals surface area contributed by atoms with Crippen molar-refractivity contribution < 1.29 is 18.0 Å². The van der Waals surface area contributed by atoms with Crippen LogP contribution in [0.1, 0.15) is 36.1 Å². The number of ether oxygens (including phenoxy) is 1. The molecule has 0 radical (unpaired) electrons. The van der Waals surface area contributed by atoms with Gasteiger partial charge in [0, 0.05) is 72.6 Å². The van der Waals surface area contributed by atoms with E-state index in [2.05, 4.69) is 101 Å². The molecule has 1 aromatic heterocycles. The van der Waals surface area contributed by atoms with E-state index in [9.17, 15) is 8.42 Å². The number of thioether (sulfide) groups is 1. The maximum absolute atomic E-state index is 14.0. The predicted molar refractivity (Wildman–Crippen MR) is 246 cm³/mol. The number of morpholine rings is 1. The van der Waals surface area contributed by atoms with Crippen LogP contribution in [0.2, 0.25) is 5.02 Å². The molecule has 3 aliphatic heterocycles. The zero-order valence-corrected chi connectivity index (χ0v) is 37.0. The van der Waals surface area contributed by atoms with Crippen molar-refractivity contribution >= 4 is 50.6 Å². The Morgan fingerprint density at radius 2 is 1.66 bits per heavy atom. The quantitative estimate of drug-likeness (QED) is 0.0622. The van der Waals surface area contributed by atoms with Crippen molar-refractivity contribution in [2.45, 2.75) is 60.6 Å². The van der Waals surface area contributed by atoms with Crippen LogP contribution in [-0.2, 0) is 39.1 Å². The molecule has 5 aromatic rings. The Balaban J connectivity index is 0.897. The number of rotatable bonds is 17. The highest BCUT2D eigenvalue weighted by Crippen LogP contribution is 2.33. The number of sulfonamides is 1. The normalized spacial score (nSPS) is 17.4. The number of nitrogens with zero attached hydrogens (tertiary/aromatic N) is 5. The summed E-state index contributed by atoms with van der Waals surface area (Å²) >= 11 is 7.97. The molecule has 2 fully saturated rings. The van der Waals surface area contributed by atoms with Gasteiger partial charge in [0.1, 0.15) is 12.1 Å². The van der Waals surface area contributed by atoms with Crippen LogP contribution in [0.15, 0.2) is 113 Å². The summed E-state index contributed by atoms with van der Waals surface area (Å²) in [6.07, 6.45) is 5.16. The molecule has 4 heterocycles. The second-order valence-electron chi connectivity index (χ2n) is 15.9. The minimum Gasteiger partial charge on any atom is -0.380 e. The average molecular weight is 884 g/mol. The lowest BCUT2D eigenvalue weighted by molar-refractivity contribution is 0.0370. The van der Waals surface area contributed by atoms with Crippen molar-refractivity contribution in [3.05, 3.63) is 125 Å². The minimum absolute atomic E-state index is 0.105. The maximum Gasteiger partial charge on any atom is 0.263 e. The summed E-state index contributed by atoms with van der Waals surface area (Å²) in [4.78, 5) is 23.2. The van der Waals surface area contributed by atoms with Gasteiger partial charge < -0.3 is 10.1 Å². The zero-order chi connectivity index (χ0) is 42.0. The monoisotopic (exact) mass is 882 g/mol. The first kappa shape index (κ1) is 43.4. The summed E-state index contributed by atoms with van der Waals surface area (Å²) in [5.74, 6) is 1.17. The van der Waals surface area contributed by atoms with Crippen LogP contribution in [0.25, 0.3) is 11.1 Å². The maximum atomic E-state index is 14.0. The van der Waals surface area contributed by atoms with E-state index >= 15 is 0 Å². The van der Waals surface area contributed by atoms with Crippen LogP contribution in [0, 0.1) is 0 Å². The Hall–Kier alpha value is -4.25. The molecule has 0 amide bonds. The molecule has 4 aromatic carbocycles. The number of aromatic nitrogens is 2. The Kier molecular flexibility index (Phi) is 14.8. The van der Waals surface area contributed by atoms with Crippen LogP contribution < -0.4 is 15.5 Å². The van der Waals surface area contributed by atoms with E-state index in [0.717, 1.165) is 106 Å². The Morgan fingerprint density at radius 3 is 2.44 bits per heavy atom. The molecule has 15 heteroatoms. The van der Waals surface area contributed by atoms with Gasteiger partial charge in [0.25, 0.3) is 10.0 Å². The number of hydrogen-bond donors (Lipinski definition) is 3. The molecule has 0 bridgehead atoms. The van der Waals surface area contributed by atoms with Gasteiger partial charge >= 0.3 is 0 Å². The third-order valence-corrected chi connectivity index (χ3v) is 14.6. The highest BCUT2D eigenvalue weighted by molar-refractivity contribution is 7.99. The molecule has 12 nitrogen and oxygen atoms in total. The fourth-order valence-corrected chi connectivity index (χ4v) is 10.7. The lowest BCUT2D eigenvalue weighted by Gasteiger charge is -2.40. The van der Waals surface area contributed by atoms with Crippen LogP contribution in [0.5, 0.6) is 0 Å². The first-order valence-corrected chi connectivity index (χ1v) is 24.0. The van der Waals surface area contributed by atoms with E-state index in [4.69, 9.17) is 21.2 Å². The first-order valence-electron chi connectivity index (χ1n) is 21.1. The Labute approximate surface area is 369 Å². The van der Waals surface area contributed by atoms with E-state index in [1.54, 1.807) is 23.9 Å². The van der Waals surface area contributed by atoms with Crippen LogP contribution in [0.4, 0.5) is 17.2 Å². The number of fused-ring (bicyclic) bond motifs is 1. The Bertz CT molecular complexity index is 2310. The summed E-state index contributed by atoms with van der Waals surface area (Å²) in [5, 5.41) is 4.44. The van der Waals surface area contributed by atoms with Gasteiger partial charge in [-0.25, -0.2) is 18.4 Å². The molecule has 0 aliphatic carbocycles. The lowest BCUT2D eigenvalue weighted by Crippen LogP contribution is -2.46. The third kappa shape index (κ3) is 11.4. The molecule has 1 unspecified atom stereocenters. The van der Waals surface area contributed by atoms with Gasteiger partial charge in [-0.1, -0.05) is 66.2 Å². The highest BCUT2D eigenvalue weighted by Gasteiger charge is 2.31. The van der Waals surface area contributed by atoms with Crippen LogP contribution >= 0.6 is 23.4 Å². The second kappa shape index (κ2) is 20.7. The summed E-state index contributed by atoms with van der Waals surface area (Å²) < 4.78 is 36.4. The molecular weight excluding hydrogens is 828 g/mol. The lowest BCUT2D eigenvalue weighted by atomic mass is 9.96. The van der Waals surface area contributed by atoms with E-state index in [0.29, 0.717) is 30.5 Å². The average Bonchev–Trinajstić information content (AvgIpc) is 3.29. The third-order valence-electron chi connectivity index (χ3n) is 11.9. The smallest absolute Gasteiger partial charge is 0.263 e. The molecule has 0 saturated carbocycles. The number of anilines is 3. The van der Waals surface area contributed by atoms with Crippen molar-refractivity contribution in [2.75, 3.05) is 80.9 Å². The highest BCUT2D eigenvalue weighted by atomic mass is 35.5. The first-order chi connectivity index (χ1) is 29.8. The van der Waals surface area contributed by atoms with E-state index in [1.807, 2.05) is 24.3 Å². The SMILES string of the molecule is CONc1cc(S(=O)(=O)Nc2ncnc3c2CCN(C2CCN(Cc4ccccc4-c4ccc(Cl)cc4)CC2)C3)ccc1NC(CCN1CCOCC1)CSc1ccccc1.